The number of aldehydes is 1. The molecule has 22 heavy (non-hydrogen) atoms. The van der Waals surface area contributed by atoms with Gasteiger partial charge in [-0.3, -0.25) is 4.79 Å². The van der Waals surface area contributed by atoms with E-state index in [4.69, 9.17) is 4.74 Å². The zero-order valence-corrected chi connectivity index (χ0v) is 12.9. The summed E-state index contributed by atoms with van der Waals surface area (Å²) in [5.41, 5.74) is 4.11. The van der Waals surface area contributed by atoms with E-state index in [-0.39, 0.29) is 0 Å². The highest BCUT2D eigenvalue weighted by molar-refractivity contribution is 5.97. The van der Waals surface area contributed by atoms with Gasteiger partial charge in [0.25, 0.3) is 0 Å². The molecule has 0 radical (unpaired) electrons. The van der Waals surface area contributed by atoms with Crippen LogP contribution in [-0.4, -0.2) is 17.5 Å². The lowest BCUT2D eigenvalue weighted by Crippen LogP contribution is -2.08. The van der Waals surface area contributed by atoms with Crippen molar-refractivity contribution < 1.29 is 9.53 Å². The van der Waals surface area contributed by atoms with Gasteiger partial charge in [-0.05, 0) is 37.1 Å². The van der Waals surface area contributed by atoms with Crippen molar-refractivity contribution in [2.24, 2.45) is 0 Å². The van der Waals surface area contributed by atoms with Crippen molar-refractivity contribution in [2.45, 2.75) is 20.4 Å². The van der Waals surface area contributed by atoms with Crippen molar-refractivity contribution >= 4 is 17.2 Å². The summed E-state index contributed by atoms with van der Waals surface area (Å²) in [6, 6.07) is 14.1. The summed E-state index contributed by atoms with van der Waals surface area (Å²) in [5.74, 6) is 0.923. The summed E-state index contributed by atoms with van der Waals surface area (Å²) in [6.07, 6.45) is 2.80. The molecule has 3 nitrogen and oxygen atoms in total. The first-order valence-electron chi connectivity index (χ1n) is 7.42. The van der Waals surface area contributed by atoms with Gasteiger partial charge in [0, 0.05) is 22.7 Å². The van der Waals surface area contributed by atoms with Gasteiger partial charge in [-0.25, -0.2) is 0 Å². The van der Waals surface area contributed by atoms with Crippen LogP contribution in [0, 0.1) is 13.8 Å². The molecule has 2 aromatic carbocycles. The Bertz CT molecular complexity index is 817. The van der Waals surface area contributed by atoms with Crippen LogP contribution in [0.25, 0.3) is 10.9 Å². The van der Waals surface area contributed by atoms with Crippen molar-refractivity contribution in [2.75, 3.05) is 6.61 Å². The first kappa shape index (κ1) is 14.4. The van der Waals surface area contributed by atoms with Gasteiger partial charge in [0.1, 0.15) is 12.4 Å². The lowest BCUT2D eigenvalue weighted by Gasteiger charge is -2.11. The SMILES string of the molecule is Cc1ccc(C)c(OCCn2cc(C=O)c3ccccc32)c1. The van der Waals surface area contributed by atoms with Crippen LogP contribution < -0.4 is 4.74 Å². The summed E-state index contributed by atoms with van der Waals surface area (Å²) in [5, 5.41) is 0.990. The second-order valence-corrected chi connectivity index (χ2v) is 5.53. The van der Waals surface area contributed by atoms with Gasteiger partial charge >= 0.3 is 0 Å². The molecule has 3 aromatic rings. The van der Waals surface area contributed by atoms with E-state index in [0.717, 1.165) is 34.1 Å². The Balaban J connectivity index is 1.77. The molecule has 112 valence electrons. The molecule has 0 unspecified atom stereocenters. The smallest absolute Gasteiger partial charge is 0.152 e. The molecule has 3 heteroatoms. The summed E-state index contributed by atoms with van der Waals surface area (Å²) in [7, 11) is 0. The molecule has 0 atom stereocenters. The Kier molecular flexibility index (Phi) is 3.96. The van der Waals surface area contributed by atoms with E-state index in [1.165, 1.54) is 5.56 Å². The predicted molar refractivity (Wildman–Crippen MR) is 88.7 cm³/mol. The average Bonchev–Trinajstić information content (AvgIpc) is 2.89. The van der Waals surface area contributed by atoms with E-state index >= 15 is 0 Å². The molecule has 0 aliphatic rings. The number of aromatic nitrogens is 1. The molecular formula is C19H19NO2. The number of fused-ring (bicyclic) bond motifs is 1. The normalized spacial score (nSPS) is 10.8. The van der Waals surface area contributed by atoms with Crippen LogP contribution >= 0.6 is 0 Å². The van der Waals surface area contributed by atoms with Crippen LogP contribution in [0.3, 0.4) is 0 Å². The van der Waals surface area contributed by atoms with Gasteiger partial charge < -0.3 is 9.30 Å². The third-order valence-electron chi connectivity index (χ3n) is 3.88. The maximum atomic E-state index is 11.2. The van der Waals surface area contributed by atoms with Gasteiger partial charge in [-0.15, -0.1) is 0 Å². The number of hydrogen-bond donors (Lipinski definition) is 0. The van der Waals surface area contributed by atoms with Crippen molar-refractivity contribution in [1.29, 1.82) is 0 Å². The highest BCUT2D eigenvalue weighted by atomic mass is 16.5. The number of carbonyl (C=O) groups excluding carboxylic acids is 1. The zero-order chi connectivity index (χ0) is 15.5. The zero-order valence-electron chi connectivity index (χ0n) is 12.9. The second-order valence-electron chi connectivity index (χ2n) is 5.53. The molecule has 0 N–H and O–H groups in total. The number of rotatable bonds is 5. The van der Waals surface area contributed by atoms with Crippen molar-refractivity contribution in [3.63, 3.8) is 0 Å². The lowest BCUT2D eigenvalue weighted by atomic mass is 10.1. The van der Waals surface area contributed by atoms with Gasteiger partial charge in [-0.1, -0.05) is 30.3 Å². The fourth-order valence-corrected chi connectivity index (χ4v) is 2.67. The van der Waals surface area contributed by atoms with Crippen LogP contribution in [0.5, 0.6) is 5.75 Å². The highest BCUT2D eigenvalue weighted by Gasteiger charge is 2.07. The standard InChI is InChI=1S/C19H19NO2/c1-14-7-8-15(2)19(11-14)22-10-9-20-12-16(13-21)17-5-3-4-6-18(17)20/h3-8,11-13H,9-10H2,1-2H3. The third kappa shape index (κ3) is 2.75. The van der Waals surface area contributed by atoms with E-state index < -0.39 is 0 Å². The number of aryl methyl sites for hydroxylation is 2. The Hall–Kier alpha value is -2.55. The van der Waals surface area contributed by atoms with Crippen molar-refractivity contribution in [1.82, 2.24) is 4.57 Å². The number of para-hydroxylation sites is 1. The van der Waals surface area contributed by atoms with Crippen molar-refractivity contribution in [3.8, 4) is 5.75 Å². The van der Waals surface area contributed by atoms with Crippen LogP contribution in [-0.2, 0) is 6.54 Å². The fraction of sp³-hybridized carbons (Fsp3) is 0.211. The van der Waals surface area contributed by atoms with Crippen molar-refractivity contribution in [3.05, 3.63) is 65.4 Å². The first-order valence-corrected chi connectivity index (χ1v) is 7.42. The number of carbonyl (C=O) groups is 1. The van der Waals surface area contributed by atoms with Gasteiger partial charge in [-0.2, -0.15) is 0 Å². The molecule has 0 aliphatic heterocycles. The molecule has 0 spiro atoms. The number of nitrogens with zero attached hydrogens (tertiary/aromatic N) is 1. The molecule has 0 bridgehead atoms. The third-order valence-corrected chi connectivity index (χ3v) is 3.88. The van der Waals surface area contributed by atoms with Crippen LogP contribution in [0.2, 0.25) is 0 Å². The van der Waals surface area contributed by atoms with Gasteiger partial charge in [0.2, 0.25) is 0 Å². The molecular weight excluding hydrogens is 274 g/mol. The van der Waals surface area contributed by atoms with E-state index in [2.05, 4.69) is 29.7 Å². The molecule has 0 amide bonds. The number of benzene rings is 2. The Labute approximate surface area is 130 Å². The summed E-state index contributed by atoms with van der Waals surface area (Å²) in [6.45, 7) is 5.38. The van der Waals surface area contributed by atoms with E-state index in [9.17, 15) is 4.79 Å². The van der Waals surface area contributed by atoms with E-state index in [1.54, 1.807) is 0 Å². The number of hydrogen-bond acceptors (Lipinski definition) is 2. The predicted octanol–water partition coefficient (Wildman–Crippen LogP) is 4.15. The molecule has 0 fully saturated rings. The topological polar surface area (TPSA) is 31.2 Å². The summed E-state index contributed by atoms with van der Waals surface area (Å²) in [4.78, 5) is 11.2. The molecule has 0 saturated heterocycles. The molecule has 1 aromatic heterocycles. The minimum Gasteiger partial charge on any atom is -0.491 e. The van der Waals surface area contributed by atoms with Crippen LogP contribution in [0.4, 0.5) is 0 Å². The summed E-state index contributed by atoms with van der Waals surface area (Å²) < 4.78 is 7.98. The Morgan fingerprint density at radius 3 is 2.77 bits per heavy atom. The summed E-state index contributed by atoms with van der Waals surface area (Å²) >= 11 is 0. The largest absolute Gasteiger partial charge is 0.491 e. The monoisotopic (exact) mass is 293 g/mol. The number of ether oxygens (including phenoxy) is 1. The van der Waals surface area contributed by atoms with E-state index in [1.807, 2.05) is 37.4 Å². The maximum absolute atomic E-state index is 11.2. The van der Waals surface area contributed by atoms with Crippen LogP contribution in [0.1, 0.15) is 21.5 Å². The fourth-order valence-electron chi connectivity index (χ4n) is 2.67. The minimum atomic E-state index is 0.571. The lowest BCUT2D eigenvalue weighted by molar-refractivity contribution is 0.112. The molecule has 3 rings (SSSR count). The second kappa shape index (κ2) is 6.06. The first-order chi connectivity index (χ1) is 10.7. The van der Waals surface area contributed by atoms with Gasteiger partial charge in [0.15, 0.2) is 6.29 Å². The molecule has 0 saturated carbocycles. The van der Waals surface area contributed by atoms with Crippen LogP contribution in [0.15, 0.2) is 48.7 Å². The minimum absolute atomic E-state index is 0.571. The molecule has 1 heterocycles. The molecule has 0 aliphatic carbocycles. The average molecular weight is 293 g/mol. The Morgan fingerprint density at radius 1 is 1.14 bits per heavy atom. The van der Waals surface area contributed by atoms with Gasteiger partial charge in [0.05, 0.1) is 6.54 Å². The Morgan fingerprint density at radius 2 is 1.95 bits per heavy atom. The van der Waals surface area contributed by atoms with E-state index in [0.29, 0.717) is 13.2 Å². The quantitative estimate of drug-likeness (QED) is 0.662. The highest BCUT2D eigenvalue weighted by Crippen LogP contribution is 2.21. The maximum Gasteiger partial charge on any atom is 0.152 e.